The molecular weight excluding hydrogens is 608 g/mol. The quantitative estimate of drug-likeness (QED) is 0.200. The number of hydrogen-bond donors (Lipinski definition) is 1. The summed E-state index contributed by atoms with van der Waals surface area (Å²) in [6, 6.07) is 23.7. The van der Waals surface area contributed by atoms with Gasteiger partial charge in [0.2, 0.25) is 5.78 Å². The highest BCUT2D eigenvalue weighted by molar-refractivity contribution is 6.42. The molecule has 1 N–H and O–H groups in total. The second kappa shape index (κ2) is 13.8. The van der Waals surface area contributed by atoms with Crippen LogP contribution in [-0.4, -0.2) is 60.7 Å². The van der Waals surface area contributed by atoms with Crippen molar-refractivity contribution in [3.8, 4) is 0 Å². The molecule has 3 aromatic rings. The second-order valence-electron chi connectivity index (χ2n) is 10.6. The third-order valence-corrected chi connectivity index (χ3v) is 8.45. The third kappa shape index (κ3) is 8.49. The van der Waals surface area contributed by atoms with Gasteiger partial charge in [-0.15, -0.1) is 0 Å². The molecule has 3 fully saturated rings. The van der Waals surface area contributed by atoms with Crippen LogP contribution in [0.4, 0.5) is 18.9 Å². The normalized spacial score (nSPS) is 21.6. The van der Waals surface area contributed by atoms with Crippen molar-refractivity contribution in [2.75, 3.05) is 31.5 Å². The van der Waals surface area contributed by atoms with E-state index in [1.807, 2.05) is 60.7 Å². The molecule has 3 heterocycles. The van der Waals surface area contributed by atoms with Gasteiger partial charge in [-0.1, -0.05) is 71.7 Å². The van der Waals surface area contributed by atoms with E-state index in [0.29, 0.717) is 39.1 Å². The molecule has 2 bridgehead atoms. The van der Waals surface area contributed by atoms with E-state index in [-0.39, 0.29) is 17.9 Å². The van der Waals surface area contributed by atoms with Crippen LogP contribution in [-0.2, 0) is 14.3 Å². The standard InChI is InChI=1S/C29H29Cl2N2O3.C2HF3O2/c30-24-12-11-22(17-25(24)31)26(34)18-33-15-13-20(14-16-33)27(19-33)36-29(35)28(21-7-3-1-4-8-21)32-23-9-5-2-6-10-23;3-2(4,5)1(6)7/h1-12,17,20,27-28,32H,13-16,18-19H2;(H,6,7)/q+1;/p-1/t20?,27-,28?,33?;/m0./s1. The Labute approximate surface area is 256 Å². The molecule has 0 spiro atoms. The number of halogens is 5. The molecule has 3 aliphatic rings. The lowest BCUT2D eigenvalue weighted by molar-refractivity contribution is -0.938. The van der Waals surface area contributed by atoms with E-state index < -0.39 is 18.2 Å². The minimum Gasteiger partial charge on any atom is -0.542 e. The number of esters is 1. The van der Waals surface area contributed by atoms with Gasteiger partial charge in [0.05, 0.1) is 23.1 Å². The summed E-state index contributed by atoms with van der Waals surface area (Å²) in [6.07, 6.45) is -3.53. The molecule has 0 saturated carbocycles. The summed E-state index contributed by atoms with van der Waals surface area (Å²) >= 11 is 12.2. The number of ketones is 1. The fraction of sp³-hybridized carbons (Fsp3) is 0.323. The Morgan fingerprint density at radius 1 is 0.930 bits per heavy atom. The zero-order valence-corrected chi connectivity index (χ0v) is 24.4. The Hall–Kier alpha value is -3.60. The predicted molar refractivity (Wildman–Crippen MR) is 153 cm³/mol. The van der Waals surface area contributed by atoms with Crippen molar-refractivity contribution < 1.29 is 41.9 Å². The van der Waals surface area contributed by atoms with Crippen LogP contribution in [0.2, 0.25) is 10.0 Å². The van der Waals surface area contributed by atoms with Gasteiger partial charge in [-0.3, -0.25) is 4.79 Å². The fourth-order valence-electron chi connectivity index (χ4n) is 5.48. The molecule has 12 heteroatoms. The zero-order valence-electron chi connectivity index (χ0n) is 22.9. The number of Topliss-reactive ketones (excluding diaryl/α,β-unsaturated/α-hetero) is 1. The topological polar surface area (TPSA) is 95.5 Å². The average Bonchev–Trinajstić information content (AvgIpc) is 2.98. The van der Waals surface area contributed by atoms with Gasteiger partial charge in [-0.05, 0) is 35.9 Å². The Kier molecular flexibility index (Phi) is 10.4. The van der Waals surface area contributed by atoms with Gasteiger partial charge in [0, 0.05) is 30.0 Å². The number of rotatable bonds is 8. The molecule has 0 aromatic heterocycles. The van der Waals surface area contributed by atoms with Crippen molar-refractivity contribution in [2.45, 2.75) is 31.2 Å². The number of carboxylic acids is 1. The van der Waals surface area contributed by atoms with Crippen molar-refractivity contribution in [2.24, 2.45) is 5.92 Å². The van der Waals surface area contributed by atoms with Gasteiger partial charge >= 0.3 is 12.1 Å². The number of hydrogen-bond acceptors (Lipinski definition) is 6. The number of carboxylic acid groups (broad SMARTS) is 1. The molecule has 7 nitrogen and oxygen atoms in total. The Balaban J connectivity index is 0.000000541. The van der Waals surface area contributed by atoms with E-state index in [2.05, 4.69) is 5.32 Å². The number of aliphatic carboxylic acids is 1. The van der Waals surface area contributed by atoms with Gasteiger partial charge in [0.25, 0.3) is 0 Å². The summed E-state index contributed by atoms with van der Waals surface area (Å²) in [5.74, 6) is -2.95. The minimum absolute atomic E-state index is 0.0342. The van der Waals surface area contributed by atoms with Crippen LogP contribution in [0.1, 0.15) is 34.8 Å². The van der Waals surface area contributed by atoms with E-state index >= 15 is 0 Å². The van der Waals surface area contributed by atoms with Gasteiger partial charge in [-0.25, -0.2) is 4.79 Å². The lowest BCUT2D eigenvalue weighted by Crippen LogP contribution is -2.65. The molecule has 1 unspecified atom stereocenters. The molecule has 43 heavy (non-hydrogen) atoms. The van der Waals surface area contributed by atoms with Crippen LogP contribution < -0.4 is 10.4 Å². The third-order valence-electron chi connectivity index (χ3n) is 7.71. The lowest BCUT2D eigenvalue weighted by atomic mass is 9.82. The molecule has 3 saturated heterocycles. The molecule has 2 atom stereocenters. The number of fused-ring (bicyclic) bond motifs is 3. The van der Waals surface area contributed by atoms with Crippen LogP contribution in [0, 0.1) is 5.92 Å². The molecule has 0 radical (unpaired) electrons. The van der Waals surface area contributed by atoms with Crippen molar-refractivity contribution in [1.29, 1.82) is 0 Å². The van der Waals surface area contributed by atoms with Crippen LogP contribution in [0.15, 0.2) is 78.9 Å². The van der Waals surface area contributed by atoms with Crippen molar-refractivity contribution in [3.05, 3.63) is 100 Å². The van der Waals surface area contributed by atoms with Crippen molar-refractivity contribution in [1.82, 2.24) is 0 Å². The number of quaternary nitrogens is 1. The maximum atomic E-state index is 13.5. The number of alkyl halides is 3. The van der Waals surface area contributed by atoms with Crippen LogP contribution in [0.3, 0.4) is 0 Å². The highest BCUT2D eigenvalue weighted by Gasteiger charge is 2.49. The molecule has 3 aliphatic heterocycles. The highest BCUT2D eigenvalue weighted by Crippen LogP contribution is 2.37. The van der Waals surface area contributed by atoms with Crippen molar-refractivity contribution >= 4 is 46.6 Å². The fourth-order valence-corrected chi connectivity index (χ4v) is 5.78. The molecule has 3 aromatic carbocycles. The second-order valence-corrected chi connectivity index (χ2v) is 11.4. The summed E-state index contributed by atoms with van der Waals surface area (Å²) in [5.41, 5.74) is 2.27. The summed E-state index contributed by atoms with van der Waals surface area (Å²) in [6.45, 7) is 2.84. The number of nitrogens with zero attached hydrogens (tertiary/aromatic N) is 1. The number of anilines is 1. The highest BCUT2D eigenvalue weighted by atomic mass is 35.5. The van der Waals surface area contributed by atoms with Crippen LogP contribution in [0.25, 0.3) is 0 Å². The molecule has 0 amide bonds. The first-order chi connectivity index (χ1) is 20.4. The Morgan fingerprint density at radius 2 is 1.51 bits per heavy atom. The average molecular weight is 637 g/mol. The van der Waals surface area contributed by atoms with Gasteiger partial charge in [0.15, 0.2) is 12.1 Å². The minimum atomic E-state index is -5.19. The maximum Gasteiger partial charge on any atom is 0.430 e. The summed E-state index contributed by atoms with van der Waals surface area (Å²) in [4.78, 5) is 35.5. The first-order valence-corrected chi connectivity index (χ1v) is 14.3. The number of nitrogens with one attached hydrogen (secondary N) is 1. The maximum absolute atomic E-state index is 13.5. The molecule has 6 rings (SSSR count). The van der Waals surface area contributed by atoms with E-state index in [0.717, 1.165) is 37.2 Å². The van der Waals surface area contributed by atoms with Crippen LogP contribution in [0.5, 0.6) is 0 Å². The monoisotopic (exact) mass is 636 g/mol. The number of ether oxygens (including phenoxy) is 1. The summed E-state index contributed by atoms with van der Waals surface area (Å²) in [7, 11) is 0. The van der Waals surface area contributed by atoms with Crippen LogP contribution >= 0.6 is 23.2 Å². The first kappa shape index (κ1) is 32.3. The number of piperidine rings is 3. The number of carbonyl (C=O) groups is 3. The zero-order chi connectivity index (χ0) is 31.2. The largest absolute Gasteiger partial charge is 0.542 e. The van der Waals surface area contributed by atoms with E-state index in [1.54, 1.807) is 18.2 Å². The SMILES string of the molecule is O=C(C[N+]12CCC(CC1)[C@@H](OC(=O)C(Nc1ccccc1)c1ccccc1)C2)c1ccc(Cl)c(Cl)c1.O=C([O-])C(F)(F)F. The molecular formula is C31H29Cl2F3N2O5. The summed E-state index contributed by atoms with van der Waals surface area (Å²) in [5, 5.41) is 12.9. The van der Waals surface area contributed by atoms with Gasteiger partial charge in [-0.2, -0.15) is 13.2 Å². The number of carbonyl (C=O) groups excluding carboxylic acids is 3. The first-order valence-electron chi connectivity index (χ1n) is 13.6. The molecule has 0 aliphatic carbocycles. The smallest absolute Gasteiger partial charge is 0.430 e. The van der Waals surface area contributed by atoms with E-state index in [9.17, 15) is 22.8 Å². The summed E-state index contributed by atoms with van der Waals surface area (Å²) < 4.78 is 38.4. The van der Waals surface area contributed by atoms with E-state index in [4.69, 9.17) is 37.8 Å². The number of para-hydroxylation sites is 1. The van der Waals surface area contributed by atoms with Gasteiger partial charge < -0.3 is 24.4 Å². The predicted octanol–water partition coefficient (Wildman–Crippen LogP) is 5.48. The van der Waals surface area contributed by atoms with Gasteiger partial charge in [0.1, 0.15) is 19.1 Å². The Bertz CT molecular complexity index is 1430. The number of benzene rings is 3. The lowest BCUT2D eigenvalue weighted by Gasteiger charge is -2.51. The molecule has 228 valence electrons. The Morgan fingerprint density at radius 3 is 2.07 bits per heavy atom. The van der Waals surface area contributed by atoms with E-state index in [1.165, 1.54) is 0 Å². The van der Waals surface area contributed by atoms with Crippen molar-refractivity contribution in [3.63, 3.8) is 0 Å².